The molecule has 0 atom stereocenters. The molecule has 2 aromatic heterocycles. The summed E-state index contributed by atoms with van der Waals surface area (Å²) in [5, 5.41) is 8.99. The molecule has 162 valence electrons. The van der Waals surface area contributed by atoms with Crippen LogP contribution in [0.25, 0.3) is 28.3 Å². The highest BCUT2D eigenvalue weighted by molar-refractivity contribution is 5.81. The average molecular weight is 448 g/mol. The van der Waals surface area contributed by atoms with Crippen LogP contribution in [0.5, 0.6) is 0 Å². The van der Waals surface area contributed by atoms with Crippen molar-refractivity contribution in [2.45, 2.75) is 12.4 Å². The fourth-order valence-electron chi connectivity index (χ4n) is 3.20. The van der Waals surface area contributed by atoms with Crippen LogP contribution in [-0.4, -0.2) is 14.4 Å². The minimum absolute atomic E-state index is 0.00360. The predicted octanol–water partition coefficient (Wildman–Crippen LogP) is 5.27. The first-order chi connectivity index (χ1) is 15.0. The number of hydrogen-bond donors (Lipinski definition) is 1. The van der Waals surface area contributed by atoms with E-state index in [9.17, 15) is 31.1 Å². The van der Waals surface area contributed by atoms with Gasteiger partial charge < -0.3 is 4.98 Å². The number of nitrogens with one attached hydrogen (secondary N) is 1. The number of aromatic nitrogens is 3. The monoisotopic (exact) mass is 448 g/mol. The summed E-state index contributed by atoms with van der Waals surface area (Å²) in [7, 11) is 0. The van der Waals surface area contributed by atoms with Crippen LogP contribution in [0.3, 0.4) is 0 Å². The van der Waals surface area contributed by atoms with Crippen LogP contribution in [0.4, 0.5) is 26.3 Å². The number of benzene rings is 2. The number of fused-ring (bicyclic) bond motifs is 1. The standard InChI is InChI=1S/C21H10F6N4O/c22-20(23,24)14-7-5-12(6-8-14)17-18(13-3-1-11(10-28)2-4-13)31-16(32)9-15(21(25,26)27)29-19(31)30-17/h1-9H,(H,29,30). The van der Waals surface area contributed by atoms with Gasteiger partial charge in [-0.25, -0.2) is 9.38 Å². The highest BCUT2D eigenvalue weighted by atomic mass is 19.4. The Kier molecular flexibility index (Phi) is 4.81. The molecular formula is C21H10F6N4O. The molecule has 5 nitrogen and oxygen atoms in total. The van der Waals surface area contributed by atoms with Crippen molar-refractivity contribution in [3.63, 3.8) is 0 Å². The SMILES string of the molecule is N#Cc1ccc(-c2c(-c3ccc(C(F)(F)F)cc3)nc3[nH]c(C(F)(F)F)cc(=O)n23)cc1. The fourth-order valence-corrected chi connectivity index (χ4v) is 3.20. The van der Waals surface area contributed by atoms with E-state index in [-0.39, 0.29) is 17.0 Å². The van der Waals surface area contributed by atoms with Gasteiger partial charge in [0.05, 0.1) is 28.6 Å². The van der Waals surface area contributed by atoms with E-state index >= 15 is 0 Å². The second-order valence-corrected chi connectivity index (χ2v) is 6.75. The van der Waals surface area contributed by atoms with Crippen LogP contribution in [-0.2, 0) is 12.4 Å². The maximum Gasteiger partial charge on any atom is 0.431 e. The molecule has 11 heteroatoms. The van der Waals surface area contributed by atoms with Gasteiger partial charge in [0.1, 0.15) is 5.69 Å². The second kappa shape index (κ2) is 7.26. The Morgan fingerprint density at radius 1 is 0.875 bits per heavy atom. The number of halogens is 6. The molecule has 2 aromatic carbocycles. The van der Waals surface area contributed by atoms with E-state index in [1.807, 2.05) is 6.07 Å². The molecule has 0 aliphatic carbocycles. The van der Waals surface area contributed by atoms with E-state index in [1.54, 1.807) is 0 Å². The number of rotatable bonds is 2. The summed E-state index contributed by atoms with van der Waals surface area (Å²) in [6.07, 6.45) is -9.42. The van der Waals surface area contributed by atoms with E-state index in [0.717, 1.165) is 28.7 Å². The fraction of sp³-hybridized carbons (Fsp3) is 0.0952. The maximum atomic E-state index is 13.1. The Morgan fingerprint density at radius 3 is 2.00 bits per heavy atom. The number of nitriles is 1. The van der Waals surface area contributed by atoms with Gasteiger partial charge in [-0.2, -0.15) is 31.6 Å². The summed E-state index contributed by atoms with van der Waals surface area (Å²) in [5.41, 5.74) is -2.41. The first-order valence-electron chi connectivity index (χ1n) is 8.90. The molecule has 32 heavy (non-hydrogen) atoms. The Hall–Kier alpha value is -4.07. The number of imidazole rings is 1. The number of aromatic amines is 1. The molecule has 0 bridgehead atoms. The van der Waals surface area contributed by atoms with E-state index in [0.29, 0.717) is 17.2 Å². The normalized spacial score (nSPS) is 12.2. The predicted molar refractivity (Wildman–Crippen MR) is 101 cm³/mol. The molecule has 0 saturated heterocycles. The van der Waals surface area contributed by atoms with Gasteiger partial charge in [-0.1, -0.05) is 24.3 Å². The van der Waals surface area contributed by atoms with Gasteiger partial charge in [0, 0.05) is 17.2 Å². The molecule has 0 spiro atoms. The third kappa shape index (κ3) is 3.71. The topological polar surface area (TPSA) is 73.9 Å². The van der Waals surface area contributed by atoms with Gasteiger partial charge in [0.25, 0.3) is 5.56 Å². The van der Waals surface area contributed by atoms with Crippen LogP contribution >= 0.6 is 0 Å². The van der Waals surface area contributed by atoms with Gasteiger partial charge in [-0.15, -0.1) is 0 Å². The maximum absolute atomic E-state index is 13.1. The molecule has 0 unspecified atom stereocenters. The summed E-state index contributed by atoms with van der Waals surface area (Å²) >= 11 is 0. The van der Waals surface area contributed by atoms with Gasteiger partial charge in [0.2, 0.25) is 5.78 Å². The van der Waals surface area contributed by atoms with Crippen LogP contribution in [0.2, 0.25) is 0 Å². The van der Waals surface area contributed by atoms with Gasteiger partial charge in [-0.3, -0.25) is 4.79 Å². The van der Waals surface area contributed by atoms with E-state index in [2.05, 4.69) is 9.97 Å². The molecule has 2 heterocycles. The summed E-state index contributed by atoms with van der Waals surface area (Å²) in [4.78, 5) is 18.7. The van der Waals surface area contributed by atoms with E-state index in [1.165, 1.54) is 24.3 Å². The Labute approximate surface area is 175 Å². The van der Waals surface area contributed by atoms with Crippen LogP contribution in [0.1, 0.15) is 16.8 Å². The van der Waals surface area contributed by atoms with Crippen molar-refractivity contribution >= 4 is 5.78 Å². The largest absolute Gasteiger partial charge is 0.431 e. The second-order valence-electron chi connectivity index (χ2n) is 6.75. The average Bonchev–Trinajstić information content (AvgIpc) is 3.13. The highest BCUT2D eigenvalue weighted by Gasteiger charge is 2.34. The summed E-state index contributed by atoms with van der Waals surface area (Å²) in [6, 6.07) is 11.9. The third-order valence-electron chi connectivity index (χ3n) is 4.69. The van der Waals surface area contributed by atoms with Crippen molar-refractivity contribution in [1.29, 1.82) is 5.26 Å². The molecule has 0 aliphatic heterocycles. The zero-order chi connectivity index (χ0) is 23.3. The number of nitrogens with zero attached hydrogens (tertiary/aromatic N) is 3. The van der Waals surface area contributed by atoms with Crippen LogP contribution in [0, 0.1) is 11.3 Å². The van der Waals surface area contributed by atoms with Crippen molar-refractivity contribution in [3.8, 4) is 28.6 Å². The van der Waals surface area contributed by atoms with Crippen molar-refractivity contribution < 1.29 is 26.3 Å². The summed E-state index contributed by atoms with van der Waals surface area (Å²) < 4.78 is 79.1. The molecule has 0 aliphatic rings. The zero-order valence-electron chi connectivity index (χ0n) is 15.7. The van der Waals surface area contributed by atoms with E-state index in [4.69, 9.17) is 5.26 Å². The number of alkyl halides is 6. The van der Waals surface area contributed by atoms with Gasteiger partial charge in [0.15, 0.2) is 0 Å². The van der Waals surface area contributed by atoms with Crippen molar-refractivity contribution in [1.82, 2.24) is 14.4 Å². The van der Waals surface area contributed by atoms with Crippen molar-refractivity contribution in [2.75, 3.05) is 0 Å². The number of hydrogen-bond acceptors (Lipinski definition) is 3. The summed E-state index contributed by atoms with van der Waals surface area (Å²) in [5.74, 6) is -0.431. The quantitative estimate of drug-likeness (QED) is 0.425. The van der Waals surface area contributed by atoms with Crippen molar-refractivity contribution in [3.05, 3.63) is 81.8 Å². The first-order valence-corrected chi connectivity index (χ1v) is 8.90. The molecule has 4 rings (SSSR count). The molecular weight excluding hydrogens is 438 g/mol. The van der Waals surface area contributed by atoms with E-state index < -0.39 is 34.9 Å². The lowest BCUT2D eigenvalue weighted by Gasteiger charge is -2.09. The summed E-state index contributed by atoms with van der Waals surface area (Å²) in [6.45, 7) is 0. The Morgan fingerprint density at radius 2 is 1.47 bits per heavy atom. The lowest BCUT2D eigenvalue weighted by atomic mass is 10.0. The molecule has 0 radical (unpaired) electrons. The Bertz CT molecular complexity index is 1410. The lowest BCUT2D eigenvalue weighted by Crippen LogP contribution is -2.19. The van der Waals surface area contributed by atoms with Gasteiger partial charge in [-0.05, 0) is 24.3 Å². The Balaban J connectivity index is 2.01. The smallest absolute Gasteiger partial charge is 0.321 e. The highest BCUT2D eigenvalue weighted by Crippen LogP contribution is 2.35. The first kappa shape index (κ1) is 21.2. The number of H-pyrrole nitrogens is 1. The molecule has 0 amide bonds. The van der Waals surface area contributed by atoms with Crippen LogP contribution < -0.4 is 5.56 Å². The molecule has 0 fully saturated rings. The van der Waals surface area contributed by atoms with Gasteiger partial charge >= 0.3 is 12.4 Å². The van der Waals surface area contributed by atoms with Crippen LogP contribution in [0.15, 0.2) is 59.4 Å². The minimum atomic E-state index is -4.84. The van der Waals surface area contributed by atoms with Crippen molar-refractivity contribution in [2.24, 2.45) is 0 Å². The molecule has 0 saturated carbocycles. The minimum Gasteiger partial charge on any atom is -0.321 e. The lowest BCUT2D eigenvalue weighted by molar-refractivity contribution is -0.141. The molecule has 1 N–H and O–H groups in total. The zero-order valence-corrected chi connectivity index (χ0v) is 15.7. The molecule has 4 aromatic rings. The third-order valence-corrected chi connectivity index (χ3v) is 4.69.